The van der Waals surface area contributed by atoms with E-state index in [0.29, 0.717) is 22.3 Å². The topological polar surface area (TPSA) is 69.2 Å². The lowest BCUT2D eigenvalue weighted by molar-refractivity contribution is -0.123. The number of rotatable bonds is 7. The average Bonchev–Trinajstić information content (AvgIpc) is 2.64. The molecule has 2 rings (SSSR count). The summed E-state index contributed by atoms with van der Waals surface area (Å²) >= 11 is 6.11. The molecule has 0 aromatic heterocycles. The maximum absolute atomic E-state index is 11.8. The Morgan fingerprint density at radius 2 is 1.77 bits per heavy atom. The van der Waals surface area contributed by atoms with Crippen LogP contribution in [-0.4, -0.2) is 32.9 Å². The second-order valence-electron chi connectivity index (χ2n) is 5.57. The van der Waals surface area contributed by atoms with Crippen molar-refractivity contribution < 1.29 is 19.0 Å². The molecule has 0 spiro atoms. The van der Waals surface area contributed by atoms with Crippen LogP contribution < -0.4 is 19.6 Å². The first-order valence-corrected chi connectivity index (χ1v) is 8.26. The number of aryl methyl sites for hydroxylation is 2. The van der Waals surface area contributed by atoms with Crippen LogP contribution in [0, 0.1) is 13.8 Å². The molecule has 0 radical (unpaired) electrons. The molecule has 0 saturated heterocycles. The first-order chi connectivity index (χ1) is 12.4. The zero-order chi connectivity index (χ0) is 19.1. The Labute approximate surface area is 157 Å². The van der Waals surface area contributed by atoms with Gasteiger partial charge in [0.05, 0.1) is 20.4 Å². The number of carbonyl (C=O) groups is 1. The molecule has 0 heterocycles. The van der Waals surface area contributed by atoms with Crippen molar-refractivity contribution in [2.75, 3.05) is 20.8 Å². The normalized spacial score (nSPS) is 10.7. The van der Waals surface area contributed by atoms with Gasteiger partial charge in [-0.15, -0.1) is 0 Å². The van der Waals surface area contributed by atoms with Crippen molar-refractivity contribution in [3.05, 3.63) is 52.0 Å². The highest BCUT2D eigenvalue weighted by molar-refractivity contribution is 6.32. The summed E-state index contributed by atoms with van der Waals surface area (Å²) in [5.74, 6) is 1.42. The Kier molecular flexibility index (Phi) is 6.86. The summed E-state index contributed by atoms with van der Waals surface area (Å²) in [5, 5.41) is 4.61. The summed E-state index contributed by atoms with van der Waals surface area (Å²) in [6.45, 7) is 3.62. The number of methoxy groups -OCH3 is 2. The highest BCUT2D eigenvalue weighted by atomic mass is 35.5. The fourth-order valence-corrected chi connectivity index (χ4v) is 2.39. The minimum Gasteiger partial charge on any atom is -0.493 e. The van der Waals surface area contributed by atoms with E-state index in [-0.39, 0.29) is 12.5 Å². The first kappa shape index (κ1) is 19.6. The molecule has 0 saturated carbocycles. The van der Waals surface area contributed by atoms with Crippen LogP contribution in [0.25, 0.3) is 0 Å². The molecule has 2 aromatic carbocycles. The van der Waals surface area contributed by atoms with Gasteiger partial charge in [0.25, 0.3) is 5.91 Å². The van der Waals surface area contributed by atoms with Crippen LogP contribution in [0.15, 0.2) is 35.4 Å². The molecule has 2 aromatic rings. The maximum Gasteiger partial charge on any atom is 0.277 e. The predicted octanol–water partition coefficient (Wildman–Crippen LogP) is 3.50. The number of hydrazone groups is 1. The molecule has 1 amide bonds. The van der Waals surface area contributed by atoms with Gasteiger partial charge in [-0.25, -0.2) is 5.43 Å². The van der Waals surface area contributed by atoms with Gasteiger partial charge < -0.3 is 14.2 Å². The quantitative estimate of drug-likeness (QED) is 0.593. The van der Waals surface area contributed by atoms with Gasteiger partial charge in [-0.3, -0.25) is 4.79 Å². The van der Waals surface area contributed by atoms with Crippen LogP contribution in [0.2, 0.25) is 5.02 Å². The molecule has 0 aliphatic heterocycles. The Hall–Kier alpha value is -2.73. The molecule has 0 bridgehead atoms. The van der Waals surface area contributed by atoms with Gasteiger partial charge in [-0.2, -0.15) is 5.10 Å². The van der Waals surface area contributed by atoms with E-state index in [2.05, 4.69) is 10.5 Å². The highest BCUT2D eigenvalue weighted by Gasteiger charge is 2.06. The van der Waals surface area contributed by atoms with Crippen LogP contribution in [0.3, 0.4) is 0 Å². The van der Waals surface area contributed by atoms with Crippen LogP contribution in [0.4, 0.5) is 0 Å². The van der Waals surface area contributed by atoms with Gasteiger partial charge in [0.15, 0.2) is 18.1 Å². The van der Waals surface area contributed by atoms with E-state index in [0.717, 1.165) is 16.7 Å². The van der Waals surface area contributed by atoms with E-state index in [1.807, 2.05) is 13.8 Å². The van der Waals surface area contributed by atoms with Crippen molar-refractivity contribution in [3.8, 4) is 17.2 Å². The SMILES string of the molecule is COc1ccc(/C=N/NC(=O)COc2cc(C)c(Cl)c(C)c2)cc1OC. The Morgan fingerprint density at radius 1 is 1.12 bits per heavy atom. The Morgan fingerprint density at radius 3 is 2.38 bits per heavy atom. The zero-order valence-corrected chi connectivity index (χ0v) is 15.9. The number of nitrogens with one attached hydrogen (secondary N) is 1. The summed E-state index contributed by atoms with van der Waals surface area (Å²) < 4.78 is 15.9. The second-order valence-corrected chi connectivity index (χ2v) is 5.95. The van der Waals surface area contributed by atoms with Crippen molar-refractivity contribution in [2.24, 2.45) is 5.10 Å². The molecular weight excluding hydrogens is 356 g/mol. The number of halogens is 1. The third-order valence-electron chi connectivity index (χ3n) is 3.59. The van der Waals surface area contributed by atoms with E-state index in [1.165, 1.54) is 6.21 Å². The Bertz CT molecular complexity index is 798. The lowest BCUT2D eigenvalue weighted by Crippen LogP contribution is -2.24. The van der Waals surface area contributed by atoms with Gasteiger partial charge in [0, 0.05) is 5.02 Å². The third-order valence-corrected chi connectivity index (χ3v) is 4.19. The van der Waals surface area contributed by atoms with E-state index >= 15 is 0 Å². The van der Waals surface area contributed by atoms with Crippen LogP contribution in [0.1, 0.15) is 16.7 Å². The number of hydrogen-bond acceptors (Lipinski definition) is 5. The molecule has 26 heavy (non-hydrogen) atoms. The number of nitrogens with zero attached hydrogens (tertiary/aromatic N) is 1. The number of carbonyl (C=O) groups excluding carboxylic acids is 1. The number of benzene rings is 2. The van der Waals surface area contributed by atoms with Gasteiger partial charge >= 0.3 is 0 Å². The van der Waals surface area contributed by atoms with Gasteiger partial charge in [-0.1, -0.05) is 11.6 Å². The third kappa shape index (κ3) is 5.13. The molecule has 0 aliphatic carbocycles. The molecule has 0 fully saturated rings. The van der Waals surface area contributed by atoms with Crippen LogP contribution in [-0.2, 0) is 4.79 Å². The van der Waals surface area contributed by atoms with Crippen molar-refractivity contribution in [3.63, 3.8) is 0 Å². The predicted molar refractivity (Wildman–Crippen MR) is 102 cm³/mol. The van der Waals surface area contributed by atoms with E-state index in [9.17, 15) is 4.79 Å². The molecule has 0 unspecified atom stereocenters. The van der Waals surface area contributed by atoms with Gasteiger partial charge in [0.2, 0.25) is 0 Å². The standard InChI is InChI=1S/C19H21ClN2O4/c1-12-7-15(8-13(2)19(12)20)26-11-18(23)22-21-10-14-5-6-16(24-3)17(9-14)25-4/h5-10H,11H2,1-4H3,(H,22,23)/b21-10+. The van der Waals surface area contributed by atoms with E-state index in [1.54, 1.807) is 44.6 Å². The monoisotopic (exact) mass is 376 g/mol. The van der Waals surface area contributed by atoms with E-state index < -0.39 is 0 Å². The minimum absolute atomic E-state index is 0.149. The molecule has 0 atom stereocenters. The fraction of sp³-hybridized carbons (Fsp3) is 0.263. The zero-order valence-electron chi connectivity index (χ0n) is 15.1. The number of amides is 1. The van der Waals surface area contributed by atoms with Crippen molar-refractivity contribution in [1.29, 1.82) is 0 Å². The minimum atomic E-state index is -0.369. The largest absolute Gasteiger partial charge is 0.493 e. The van der Waals surface area contributed by atoms with Gasteiger partial charge in [-0.05, 0) is 60.9 Å². The first-order valence-electron chi connectivity index (χ1n) is 7.88. The summed E-state index contributed by atoms with van der Waals surface area (Å²) in [6, 6.07) is 8.89. The molecule has 7 heteroatoms. The van der Waals surface area contributed by atoms with Crippen LogP contribution in [0.5, 0.6) is 17.2 Å². The summed E-state index contributed by atoms with van der Waals surface area (Å²) in [7, 11) is 3.12. The van der Waals surface area contributed by atoms with Crippen molar-refractivity contribution in [1.82, 2.24) is 5.43 Å². The fourth-order valence-electron chi connectivity index (χ4n) is 2.28. The van der Waals surface area contributed by atoms with Crippen molar-refractivity contribution >= 4 is 23.7 Å². The Balaban J connectivity index is 1.89. The summed E-state index contributed by atoms with van der Waals surface area (Å²) in [5.41, 5.74) is 4.97. The smallest absolute Gasteiger partial charge is 0.277 e. The van der Waals surface area contributed by atoms with Crippen molar-refractivity contribution in [2.45, 2.75) is 13.8 Å². The molecule has 138 valence electrons. The lowest BCUT2D eigenvalue weighted by Gasteiger charge is -2.09. The molecular formula is C19H21ClN2O4. The number of ether oxygens (including phenoxy) is 3. The molecule has 1 N–H and O–H groups in total. The number of hydrogen-bond donors (Lipinski definition) is 1. The van der Waals surface area contributed by atoms with Crippen LogP contribution >= 0.6 is 11.6 Å². The average molecular weight is 377 g/mol. The lowest BCUT2D eigenvalue weighted by atomic mass is 10.1. The second kappa shape index (κ2) is 9.10. The maximum atomic E-state index is 11.8. The van der Waals surface area contributed by atoms with Gasteiger partial charge in [0.1, 0.15) is 5.75 Å². The molecule has 6 nitrogen and oxygen atoms in total. The summed E-state index contributed by atoms with van der Waals surface area (Å²) in [4.78, 5) is 11.8. The highest BCUT2D eigenvalue weighted by Crippen LogP contribution is 2.27. The molecule has 0 aliphatic rings. The summed E-state index contributed by atoms with van der Waals surface area (Å²) in [6.07, 6.45) is 1.51. The van der Waals surface area contributed by atoms with E-state index in [4.69, 9.17) is 25.8 Å².